The van der Waals surface area contributed by atoms with Crippen LogP contribution in [0.15, 0.2) is 53.4 Å². The Morgan fingerprint density at radius 2 is 1.91 bits per heavy atom. The van der Waals surface area contributed by atoms with Crippen LogP contribution in [0, 0.1) is 0 Å². The summed E-state index contributed by atoms with van der Waals surface area (Å²) in [5.41, 5.74) is 2.29. The summed E-state index contributed by atoms with van der Waals surface area (Å²) in [4.78, 5) is 23.9. The number of aromatic nitrogens is 1. The number of carbonyl (C=O) groups is 1. The average Bonchev–Trinajstić information content (AvgIpc) is 3.29. The number of para-hydroxylation sites is 1. The van der Waals surface area contributed by atoms with E-state index in [4.69, 9.17) is 9.72 Å². The Morgan fingerprint density at radius 3 is 2.68 bits per heavy atom. The molecule has 0 saturated carbocycles. The first kappa shape index (κ1) is 27.0. The highest BCUT2D eigenvalue weighted by Gasteiger charge is 2.21. The van der Waals surface area contributed by atoms with Crippen LogP contribution in [-0.4, -0.2) is 60.9 Å². The molecule has 34 heavy (non-hydrogen) atoms. The number of hydrogen-bond donors (Lipinski definition) is 0. The number of hydrogen-bond acceptors (Lipinski definition) is 6. The fourth-order valence-corrected chi connectivity index (χ4v) is 5.99. The molecule has 0 radical (unpaired) electrons. The van der Waals surface area contributed by atoms with Gasteiger partial charge in [0.25, 0.3) is 0 Å². The lowest BCUT2D eigenvalue weighted by Crippen LogP contribution is -2.39. The number of thiazole rings is 1. The van der Waals surface area contributed by atoms with E-state index in [2.05, 4.69) is 54.3 Å². The molecular formula is C26H34ClN3O2S2. The third-order valence-corrected chi connectivity index (χ3v) is 8.05. The van der Waals surface area contributed by atoms with Gasteiger partial charge in [-0.2, -0.15) is 0 Å². The summed E-state index contributed by atoms with van der Waals surface area (Å²) in [6.07, 6.45) is 3.31. The summed E-state index contributed by atoms with van der Waals surface area (Å²) in [5.74, 6) is 1.12. The molecule has 1 aromatic heterocycles. The molecule has 0 aliphatic carbocycles. The summed E-state index contributed by atoms with van der Waals surface area (Å²) in [6, 6.07) is 16.7. The zero-order valence-electron chi connectivity index (χ0n) is 19.8. The van der Waals surface area contributed by atoms with Crippen LogP contribution < -0.4 is 4.90 Å². The molecule has 8 heteroatoms. The number of halogens is 1. The van der Waals surface area contributed by atoms with Crippen LogP contribution in [0.2, 0.25) is 0 Å². The Bertz CT molecular complexity index is 1030. The van der Waals surface area contributed by atoms with Crippen LogP contribution in [-0.2, 0) is 16.0 Å². The number of rotatable bonds is 11. The summed E-state index contributed by atoms with van der Waals surface area (Å²) in [6.45, 7) is 7.42. The first-order valence-corrected chi connectivity index (χ1v) is 13.7. The summed E-state index contributed by atoms with van der Waals surface area (Å²) in [5, 5.41) is 0.841. The van der Waals surface area contributed by atoms with Crippen molar-refractivity contribution < 1.29 is 9.53 Å². The van der Waals surface area contributed by atoms with Crippen LogP contribution in [0.5, 0.6) is 0 Å². The van der Waals surface area contributed by atoms with Gasteiger partial charge >= 0.3 is 0 Å². The van der Waals surface area contributed by atoms with Crippen molar-refractivity contribution in [2.75, 3.05) is 50.0 Å². The van der Waals surface area contributed by atoms with E-state index in [1.54, 1.807) is 11.3 Å². The lowest BCUT2D eigenvalue weighted by atomic mass is 10.1. The SMILES string of the molecule is CCc1cccc2sc(N(CCCN3CCOCC3)C(=O)CCCSc3ccccc3)nc12.Cl. The van der Waals surface area contributed by atoms with Gasteiger partial charge in [0.1, 0.15) is 0 Å². The Labute approximate surface area is 217 Å². The van der Waals surface area contributed by atoms with Gasteiger partial charge in [0.2, 0.25) is 5.91 Å². The van der Waals surface area contributed by atoms with Crippen molar-refractivity contribution >= 4 is 56.8 Å². The molecule has 1 saturated heterocycles. The molecule has 2 aromatic carbocycles. The van der Waals surface area contributed by atoms with Crippen molar-refractivity contribution in [2.45, 2.75) is 37.5 Å². The molecule has 1 aliphatic rings. The minimum absolute atomic E-state index is 0. The Morgan fingerprint density at radius 1 is 1.12 bits per heavy atom. The molecule has 0 N–H and O–H groups in total. The van der Waals surface area contributed by atoms with Crippen molar-refractivity contribution in [3.05, 3.63) is 54.1 Å². The van der Waals surface area contributed by atoms with E-state index >= 15 is 0 Å². The number of benzene rings is 2. The van der Waals surface area contributed by atoms with Crippen LogP contribution in [0.3, 0.4) is 0 Å². The first-order valence-electron chi connectivity index (χ1n) is 11.9. The number of aryl methyl sites for hydroxylation is 1. The van der Waals surface area contributed by atoms with Gasteiger partial charge in [0.05, 0.1) is 23.4 Å². The minimum atomic E-state index is 0. The Balaban J connectivity index is 0.00000324. The molecule has 2 heterocycles. The number of anilines is 1. The van der Waals surface area contributed by atoms with E-state index in [0.717, 1.165) is 73.2 Å². The molecule has 5 nitrogen and oxygen atoms in total. The molecule has 1 fully saturated rings. The highest BCUT2D eigenvalue weighted by atomic mass is 35.5. The summed E-state index contributed by atoms with van der Waals surface area (Å²) >= 11 is 3.45. The van der Waals surface area contributed by atoms with Crippen molar-refractivity contribution in [3.63, 3.8) is 0 Å². The highest BCUT2D eigenvalue weighted by Crippen LogP contribution is 2.32. The van der Waals surface area contributed by atoms with Gasteiger partial charge < -0.3 is 4.74 Å². The van der Waals surface area contributed by atoms with Crippen molar-refractivity contribution in [3.8, 4) is 0 Å². The number of ether oxygens (including phenoxy) is 1. The van der Waals surface area contributed by atoms with Gasteiger partial charge in [0, 0.05) is 37.5 Å². The van der Waals surface area contributed by atoms with E-state index in [-0.39, 0.29) is 18.3 Å². The third-order valence-electron chi connectivity index (χ3n) is 5.91. The van der Waals surface area contributed by atoms with Crippen molar-refractivity contribution in [1.29, 1.82) is 0 Å². The highest BCUT2D eigenvalue weighted by molar-refractivity contribution is 7.99. The van der Waals surface area contributed by atoms with Gasteiger partial charge in [-0.1, -0.05) is 48.6 Å². The van der Waals surface area contributed by atoms with E-state index < -0.39 is 0 Å². The molecule has 3 aromatic rings. The topological polar surface area (TPSA) is 45.7 Å². The largest absolute Gasteiger partial charge is 0.379 e. The van der Waals surface area contributed by atoms with E-state index in [1.165, 1.54) is 10.5 Å². The zero-order valence-corrected chi connectivity index (χ0v) is 22.2. The Hall–Kier alpha value is -1.64. The molecule has 0 spiro atoms. The fourth-order valence-electron chi connectivity index (χ4n) is 4.06. The number of carbonyl (C=O) groups excluding carboxylic acids is 1. The third kappa shape index (κ3) is 7.43. The smallest absolute Gasteiger partial charge is 0.228 e. The lowest BCUT2D eigenvalue weighted by molar-refractivity contribution is -0.118. The van der Waals surface area contributed by atoms with Gasteiger partial charge in [0.15, 0.2) is 5.13 Å². The molecule has 0 atom stereocenters. The predicted octanol–water partition coefficient (Wildman–Crippen LogP) is 5.91. The van der Waals surface area contributed by atoms with Crippen molar-refractivity contribution in [2.24, 2.45) is 0 Å². The van der Waals surface area contributed by atoms with Crippen LogP contribution in [0.25, 0.3) is 10.2 Å². The molecular weight excluding hydrogens is 486 g/mol. The predicted molar refractivity (Wildman–Crippen MR) is 147 cm³/mol. The zero-order chi connectivity index (χ0) is 22.9. The van der Waals surface area contributed by atoms with Crippen LogP contribution >= 0.6 is 35.5 Å². The number of fused-ring (bicyclic) bond motifs is 1. The molecule has 1 aliphatic heterocycles. The summed E-state index contributed by atoms with van der Waals surface area (Å²) in [7, 11) is 0. The van der Waals surface area contributed by atoms with Crippen molar-refractivity contribution in [1.82, 2.24) is 9.88 Å². The average molecular weight is 520 g/mol. The number of nitrogens with zero attached hydrogens (tertiary/aromatic N) is 3. The second-order valence-electron chi connectivity index (χ2n) is 8.23. The number of thioether (sulfide) groups is 1. The monoisotopic (exact) mass is 519 g/mol. The second-order valence-corrected chi connectivity index (χ2v) is 10.4. The van der Waals surface area contributed by atoms with E-state index in [1.807, 2.05) is 22.7 Å². The molecule has 0 unspecified atom stereocenters. The molecule has 1 amide bonds. The first-order chi connectivity index (χ1) is 16.2. The maximum absolute atomic E-state index is 13.3. The fraction of sp³-hybridized carbons (Fsp3) is 0.462. The van der Waals surface area contributed by atoms with Crippen LogP contribution in [0.1, 0.15) is 31.7 Å². The number of morpholine rings is 1. The van der Waals surface area contributed by atoms with E-state index in [0.29, 0.717) is 13.0 Å². The molecule has 0 bridgehead atoms. The van der Waals surface area contributed by atoms with Gasteiger partial charge in [-0.05, 0) is 48.8 Å². The Kier molecular flexibility index (Phi) is 11.1. The quantitative estimate of drug-likeness (QED) is 0.233. The van der Waals surface area contributed by atoms with Gasteiger partial charge in [-0.25, -0.2) is 4.98 Å². The maximum Gasteiger partial charge on any atom is 0.228 e. The van der Waals surface area contributed by atoms with E-state index in [9.17, 15) is 4.79 Å². The van der Waals surface area contributed by atoms with Crippen LogP contribution in [0.4, 0.5) is 5.13 Å². The normalized spacial score (nSPS) is 14.1. The lowest BCUT2D eigenvalue weighted by Gasteiger charge is -2.27. The standard InChI is InChI=1S/C26H33N3O2S2.ClH/c1-2-21-9-6-12-23-25(21)27-26(33-23)29(15-8-14-28-16-18-31-19-17-28)24(30)13-7-20-32-22-10-4-3-5-11-22;/h3-6,9-12H,2,7-8,13-20H2,1H3;1H. The maximum atomic E-state index is 13.3. The van der Waals surface area contributed by atoms with Gasteiger partial charge in [-0.15, -0.1) is 24.2 Å². The number of amides is 1. The minimum Gasteiger partial charge on any atom is -0.379 e. The molecule has 4 rings (SSSR count). The second kappa shape index (κ2) is 14.0. The summed E-state index contributed by atoms with van der Waals surface area (Å²) < 4.78 is 6.62. The van der Waals surface area contributed by atoms with Gasteiger partial charge in [-0.3, -0.25) is 14.6 Å². The molecule has 184 valence electrons.